The highest BCUT2D eigenvalue weighted by atomic mass is 35.5. The van der Waals surface area contributed by atoms with Gasteiger partial charge in [0.1, 0.15) is 6.61 Å². The van der Waals surface area contributed by atoms with Gasteiger partial charge in [0.25, 0.3) is 0 Å². The normalized spacial score (nSPS) is 15.5. The van der Waals surface area contributed by atoms with Crippen molar-refractivity contribution in [2.24, 2.45) is 5.92 Å². The minimum Gasteiger partial charge on any atom is -0.465 e. The number of benzene rings is 2. The summed E-state index contributed by atoms with van der Waals surface area (Å²) in [7, 11) is -2.30. The molecule has 1 aliphatic heterocycles. The van der Waals surface area contributed by atoms with Gasteiger partial charge in [0.15, 0.2) is 0 Å². The third-order valence-corrected chi connectivity index (χ3v) is 7.16. The fourth-order valence-corrected chi connectivity index (χ4v) is 4.81. The average Bonchev–Trinajstić information content (AvgIpc) is 2.77. The van der Waals surface area contributed by atoms with Crippen LogP contribution in [0.5, 0.6) is 0 Å². The van der Waals surface area contributed by atoms with Crippen LogP contribution in [-0.4, -0.2) is 44.9 Å². The van der Waals surface area contributed by atoms with Crippen molar-refractivity contribution in [2.45, 2.75) is 24.3 Å². The fourth-order valence-electron chi connectivity index (χ4n) is 3.21. The quantitative estimate of drug-likeness (QED) is 0.626. The third-order valence-electron chi connectivity index (χ3n) is 4.99. The van der Waals surface area contributed by atoms with E-state index in [9.17, 15) is 18.0 Å². The van der Waals surface area contributed by atoms with Gasteiger partial charge in [-0.1, -0.05) is 23.7 Å². The monoisotopic (exact) mass is 451 g/mol. The summed E-state index contributed by atoms with van der Waals surface area (Å²) in [4.78, 5) is 24.0. The van der Waals surface area contributed by atoms with E-state index in [1.165, 1.54) is 35.7 Å². The lowest BCUT2D eigenvalue weighted by Gasteiger charge is -2.30. The highest BCUT2D eigenvalue weighted by molar-refractivity contribution is 7.89. The predicted molar refractivity (Wildman–Crippen MR) is 111 cm³/mol. The molecule has 3 rings (SSSR count). The molecule has 0 aliphatic carbocycles. The van der Waals surface area contributed by atoms with E-state index in [1.807, 2.05) is 0 Å². The molecular weight excluding hydrogens is 430 g/mol. The summed E-state index contributed by atoms with van der Waals surface area (Å²) < 4.78 is 36.8. The van der Waals surface area contributed by atoms with Gasteiger partial charge in [-0.2, -0.15) is 4.31 Å². The fraction of sp³-hybridized carbons (Fsp3) is 0.333. The molecule has 0 amide bonds. The van der Waals surface area contributed by atoms with Crippen LogP contribution in [0.25, 0.3) is 0 Å². The van der Waals surface area contributed by atoms with Gasteiger partial charge in [0.2, 0.25) is 10.0 Å². The molecule has 0 N–H and O–H groups in total. The van der Waals surface area contributed by atoms with Gasteiger partial charge >= 0.3 is 11.9 Å². The van der Waals surface area contributed by atoms with E-state index >= 15 is 0 Å². The van der Waals surface area contributed by atoms with E-state index in [0.717, 1.165) is 5.56 Å². The molecule has 2 aromatic carbocycles. The average molecular weight is 452 g/mol. The van der Waals surface area contributed by atoms with Crippen LogP contribution in [0.15, 0.2) is 53.4 Å². The van der Waals surface area contributed by atoms with Crippen molar-refractivity contribution in [3.05, 3.63) is 64.7 Å². The lowest BCUT2D eigenvalue weighted by Crippen LogP contribution is -2.40. The number of ether oxygens (including phenoxy) is 2. The molecule has 0 atom stereocenters. The molecule has 0 radical (unpaired) electrons. The maximum Gasteiger partial charge on any atom is 0.337 e. The summed E-state index contributed by atoms with van der Waals surface area (Å²) in [6.45, 7) is 0.584. The number of carbonyl (C=O) groups excluding carboxylic acids is 2. The molecule has 0 spiro atoms. The standard InChI is InChI=1S/C21H22ClNO6S/c1-28-20(24)16-4-2-15(3-5-16)14-29-21(25)17-10-12-23(13-11-17)30(26,27)19-8-6-18(22)7-9-19/h2-9,17H,10-14H2,1H3. The number of esters is 2. The molecule has 1 fully saturated rings. The zero-order chi connectivity index (χ0) is 21.7. The second-order valence-electron chi connectivity index (χ2n) is 6.93. The smallest absolute Gasteiger partial charge is 0.337 e. The Bertz CT molecular complexity index is 997. The zero-order valence-corrected chi connectivity index (χ0v) is 18.0. The number of nitrogens with zero attached hydrogens (tertiary/aromatic N) is 1. The van der Waals surface area contributed by atoms with E-state index in [-0.39, 0.29) is 36.5 Å². The van der Waals surface area contributed by atoms with Crippen molar-refractivity contribution in [2.75, 3.05) is 20.2 Å². The molecule has 0 unspecified atom stereocenters. The minimum absolute atomic E-state index is 0.0869. The lowest BCUT2D eigenvalue weighted by atomic mass is 9.98. The number of halogens is 1. The van der Waals surface area contributed by atoms with Gasteiger partial charge in [0.05, 0.1) is 23.5 Å². The van der Waals surface area contributed by atoms with Crippen molar-refractivity contribution < 1.29 is 27.5 Å². The first-order valence-corrected chi connectivity index (χ1v) is 11.2. The van der Waals surface area contributed by atoms with Crippen LogP contribution in [0, 0.1) is 5.92 Å². The molecular formula is C21H22ClNO6S. The molecule has 0 bridgehead atoms. The number of sulfonamides is 1. The summed E-state index contributed by atoms with van der Waals surface area (Å²) in [6, 6.07) is 12.6. The van der Waals surface area contributed by atoms with Crippen LogP contribution < -0.4 is 0 Å². The minimum atomic E-state index is -3.61. The van der Waals surface area contributed by atoms with E-state index in [0.29, 0.717) is 23.4 Å². The number of methoxy groups -OCH3 is 1. The first-order chi connectivity index (χ1) is 14.3. The van der Waals surface area contributed by atoms with Crippen LogP contribution in [-0.2, 0) is 30.9 Å². The maximum absolute atomic E-state index is 12.7. The summed E-state index contributed by atoms with van der Waals surface area (Å²) >= 11 is 5.82. The Balaban J connectivity index is 1.51. The second-order valence-corrected chi connectivity index (χ2v) is 9.30. The first kappa shape index (κ1) is 22.3. The Morgan fingerprint density at radius 2 is 1.63 bits per heavy atom. The molecule has 9 heteroatoms. The number of rotatable bonds is 6. The Morgan fingerprint density at radius 1 is 1.03 bits per heavy atom. The predicted octanol–water partition coefficient (Wildman–Crippen LogP) is 3.27. The number of hydrogen-bond acceptors (Lipinski definition) is 6. The van der Waals surface area contributed by atoms with Gasteiger partial charge < -0.3 is 9.47 Å². The highest BCUT2D eigenvalue weighted by Gasteiger charge is 2.32. The number of carbonyl (C=O) groups is 2. The summed E-state index contributed by atoms with van der Waals surface area (Å²) in [5.74, 6) is -1.13. The summed E-state index contributed by atoms with van der Waals surface area (Å²) in [5.41, 5.74) is 1.17. The Hall–Kier alpha value is -2.42. The van der Waals surface area contributed by atoms with E-state index in [4.69, 9.17) is 16.3 Å². The second kappa shape index (κ2) is 9.59. The van der Waals surface area contributed by atoms with Crippen LogP contribution in [0.3, 0.4) is 0 Å². The zero-order valence-electron chi connectivity index (χ0n) is 16.4. The first-order valence-electron chi connectivity index (χ1n) is 9.41. The van der Waals surface area contributed by atoms with Gasteiger partial charge in [-0.05, 0) is 54.8 Å². The SMILES string of the molecule is COC(=O)c1ccc(COC(=O)C2CCN(S(=O)(=O)c3ccc(Cl)cc3)CC2)cc1. The molecule has 30 heavy (non-hydrogen) atoms. The van der Waals surface area contributed by atoms with Crippen molar-refractivity contribution >= 4 is 33.6 Å². The summed E-state index contributed by atoms with van der Waals surface area (Å²) in [5, 5.41) is 0.468. The van der Waals surface area contributed by atoms with Gasteiger partial charge in [-0.3, -0.25) is 4.79 Å². The molecule has 7 nitrogen and oxygen atoms in total. The molecule has 1 heterocycles. The van der Waals surface area contributed by atoms with Crippen LogP contribution in [0.1, 0.15) is 28.8 Å². The number of hydrogen-bond donors (Lipinski definition) is 0. The van der Waals surface area contributed by atoms with E-state index in [1.54, 1.807) is 24.3 Å². The molecule has 2 aromatic rings. The highest BCUT2D eigenvalue weighted by Crippen LogP contribution is 2.25. The molecule has 1 aliphatic rings. The van der Waals surface area contributed by atoms with Crippen LogP contribution in [0.4, 0.5) is 0 Å². The van der Waals surface area contributed by atoms with E-state index < -0.39 is 16.0 Å². The van der Waals surface area contributed by atoms with Crippen molar-refractivity contribution in [3.63, 3.8) is 0 Å². The van der Waals surface area contributed by atoms with Crippen LogP contribution in [0.2, 0.25) is 5.02 Å². The Kier molecular flexibility index (Phi) is 7.12. The van der Waals surface area contributed by atoms with Gasteiger partial charge in [-0.25, -0.2) is 13.2 Å². The Morgan fingerprint density at radius 3 is 2.20 bits per heavy atom. The van der Waals surface area contributed by atoms with Crippen LogP contribution >= 0.6 is 11.6 Å². The molecule has 0 aromatic heterocycles. The van der Waals surface area contributed by atoms with E-state index in [2.05, 4.69) is 4.74 Å². The largest absolute Gasteiger partial charge is 0.465 e. The number of piperidine rings is 1. The lowest BCUT2D eigenvalue weighted by molar-refractivity contribution is -0.151. The topological polar surface area (TPSA) is 90.0 Å². The molecule has 0 saturated carbocycles. The molecule has 1 saturated heterocycles. The van der Waals surface area contributed by atoms with Gasteiger partial charge in [0, 0.05) is 18.1 Å². The van der Waals surface area contributed by atoms with Crippen molar-refractivity contribution in [1.29, 1.82) is 0 Å². The Labute approximate surface area is 180 Å². The van der Waals surface area contributed by atoms with Gasteiger partial charge in [-0.15, -0.1) is 0 Å². The third kappa shape index (κ3) is 5.19. The van der Waals surface area contributed by atoms with Crippen molar-refractivity contribution in [1.82, 2.24) is 4.31 Å². The summed E-state index contributed by atoms with van der Waals surface area (Å²) in [6.07, 6.45) is 0.792. The molecule has 160 valence electrons. The maximum atomic E-state index is 12.7. The van der Waals surface area contributed by atoms with Crippen molar-refractivity contribution in [3.8, 4) is 0 Å².